The molecule has 0 atom stereocenters. The Morgan fingerprint density at radius 3 is 2.31 bits per heavy atom. The van der Waals surface area contributed by atoms with Crippen molar-refractivity contribution >= 4 is 34.9 Å². The van der Waals surface area contributed by atoms with Gasteiger partial charge in [-0.3, -0.25) is 9.59 Å². The smallest absolute Gasteiger partial charge is 0.305 e. The van der Waals surface area contributed by atoms with Crippen LogP contribution in [0.2, 0.25) is 0 Å². The molecule has 7 heteroatoms. The second-order valence-electron chi connectivity index (χ2n) is 8.45. The van der Waals surface area contributed by atoms with Crippen molar-refractivity contribution in [3.05, 3.63) is 60.2 Å². The van der Waals surface area contributed by atoms with Crippen molar-refractivity contribution in [3.63, 3.8) is 0 Å². The fourth-order valence-corrected chi connectivity index (χ4v) is 3.69. The minimum Gasteiger partial charge on any atom is -0.494 e. The quantitative estimate of drug-likeness (QED) is 0.163. The number of anilines is 1. The molecule has 0 heterocycles. The number of hydrogen-bond donors (Lipinski definition) is 2. The van der Waals surface area contributed by atoms with Gasteiger partial charge in [0, 0.05) is 18.5 Å². The fourth-order valence-electron chi connectivity index (χ4n) is 3.45. The van der Waals surface area contributed by atoms with Gasteiger partial charge in [0.1, 0.15) is 5.75 Å². The zero-order valence-corrected chi connectivity index (χ0v) is 21.5. The molecule has 0 radical (unpaired) electrons. The van der Waals surface area contributed by atoms with E-state index in [9.17, 15) is 9.59 Å². The van der Waals surface area contributed by atoms with E-state index in [0.717, 1.165) is 30.7 Å². The fraction of sp³-hybridized carbons (Fsp3) is 0.464. The molecule has 0 aromatic heterocycles. The van der Waals surface area contributed by atoms with Crippen molar-refractivity contribution in [2.45, 2.75) is 71.1 Å². The Kier molecular flexibility index (Phi) is 14.2. The van der Waals surface area contributed by atoms with Gasteiger partial charge in [-0.15, -0.1) is 0 Å². The average molecular weight is 499 g/mol. The second-order valence-corrected chi connectivity index (χ2v) is 8.86. The molecular weight excluding hydrogens is 460 g/mol. The molecule has 2 aromatic rings. The molecule has 0 unspecified atom stereocenters. The zero-order valence-electron chi connectivity index (χ0n) is 20.7. The normalized spacial score (nSPS) is 10.4. The van der Waals surface area contributed by atoms with Crippen molar-refractivity contribution in [1.29, 1.82) is 0 Å². The van der Waals surface area contributed by atoms with Crippen molar-refractivity contribution in [3.8, 4) is 5.75 Å². The third kappa shape index (κ3) is 13.5. The molecule has 2 aromatic carbocycles. The van der Waals surface area contributed by atoms with Crippen LogP contribution >= 0.6 is 12.2 Å². The summed E-state index contributed by atoms with van der Waals surface area (Å²) in [5, 5.41) is 5.86. The van der Waals surface area contributed by atoms with Gasteiger partial charge in [0.15, 0.2) is 5.11 Å². The molecule has 0 saturated heterocycles. The minimum absolute atomic E-state index is 0.200. The number of benzene rings is 2. The summed E-state index contributed by atoms with van der Waals surface area (Å²) in [4.78, 5) is 23.9. The van der Waals surface area contributed by atoms with Gasteiger partial charge in [-0.05, 0) is 67.7 Å². The van der Waals surface area contributed by atoms with Crippen LogP contribution in [0.4, 0.5) is 5.69 Å². The molecule has 0 aliphatic rings. The molecule has 190 valence electrons. The third-order valence-electron chi connectivity index (χ3n) is 5.38. The van der Waals surface area contributed by atoms with Gasteiger partial charge in [0.2, 0.25) is 5.91 Å². The van der Waals surface area contributed by atoms with Crippen molar-refractivity contribution in [1.82, 2.24) is 5.32 Å². The number of esters is 1. The highest BCUT2D eigenvalue weighted by molar-refractivity contribution is 7.80. The van der Waals surface area contributed by atoms with E-state index in [1.54, 1.807) is 0 Å². The molecule has 2 N–H and O–H groups in total. The number of unbranched alkanes of at least 4 members (excludes halogenated alkanes) is 4. The van der Waals surface area contributed by atoms with Gasteiger partial charge in [-0.2, -0.15) is 0 Å². The van der Waals surface area contributed by atoms with Crippen LogP contribution in [-0.4, -0.2) is 30.2 Å². The first kappa shape index (κ1) is 28.3. The molecule has 0 fully saturated rings. The first-order chi connectivity index (χ1) is 17.1. The Balaban J connectivity index is 1.53. The number of carbonyl (C=O) groups is 2. The van der Waals surface area contributed by atoms with E-state index >= 15 is 0 Å². The highest BCUT2D eigenvalue weighted by Crippen LogP contribution is 2.16. The summed E-state index contributed by atoms with van der Waals surface area (Å²) in [6, 6.07) is 17.6. The number of hydrogen-bond acceptors (Lipinski definition) is 5. The number of rotatable bonds is 16. The summed E-state index contributed by atoms with van der Waals surface area (Å²) in [7, 11) is 0. The van der Waals surface area contributed by atoms with Gasteiger partial charge in [0.25, 0.3) is 0 Å². The first-order valence-corrected chi connectivity index (χ1v) is 13.0. The van der Waals surface area contributed by atoms with Gasteiger partial charge in [-0.1, -0.05) is 62.9 Å². The van der Waals surface area contributed by atoms with Crippen LogP contribution in [0.1, 0.15) is 70.3 Å². The van der Waals surface area contributed by atoms with Gasteiger partial charge < -0.3 is 20.1 Å². The van der Waals surface area contributed by atoms with Gasteiger partial charge >= 0.3 is 5.97 Å². The van der Waals surface area contributed by atoms with E-state index in [1.165, 1.54) is 31.2 Å². The molecule has 0 spiro atoms. The monoisotopic (exact) mass is 498 g/mol. The minimum atomic E-state index is -0.283. The average Bonchev–Trinajstić information content (AvgIpc) is 2.85. The van der Waals surface area contributed by atoms with E-state index in [4.69, 9.17) is 21.7 Å². The zero-order chi connectivity index (χ0) is 25.1. The number of amides is 1. The van der Waals surface area contributed by atoms with Crippen LogP contribution in [0.5, 0.6) is 5.75 Å². The number of thiocarbonyl (C=S) groups is 1. The summed E-state index contributed by atoms with van der Waals surface area (Å²) >= 11 is 5.21. The summed E-state index contributed by atoms with van der Waals surface area (Å²) in [5.41, 5.74) is 1.99. The Morgan fingerprint density at radius 1 is 0.829 bits per heavy atom. The Morgan fingerprint density at radius 2 is 1.57 bits per heavy atom. The standard InChI is InChI=1S/C28H38N2O4S/c1-2-3-4-5-9-21-33-25-19-17-24(18-20-25)29-28(35)30-26(31)15-10-16-27(32)34-22-11-14-23-12-7-6-8-13-23/h6-8,12-13,17-20H,2-5,9-11,14-16,21-22H2,1H3,(H2,29,30,31,35). The Hall–Kier alpha value is -2.93. The molecule has 0 saturated carbocycles. The van der Waals surface area contributed by atoms with Gasteiger partial charge in [-0.25, -0.2) is 0 Å². The largest absolute Gasteiger partial charge is 0.494 e. The molecular formula is C28H38N2O4S. The third-order valence-corrected chi connectivity index (χ3v) is 5.59. The van der Waals surface area contributed by atoms with E-state index in [2.05, 4.69) is 29.7 Å². The molecule has 2 rings (SSSR count). The second kappa shape index (κ2) is 17.5. The number of carbonyl (C=O) groups excluding carboxylic acids is 2. The van der Waals surface area contributed by atoms with Crippen LogP contribution in [0.15, 0.2) is 54.6 Å². The van der Waals surface area contributed by atoms with Crippen LogP contribution in [0, 0.1) is 0 Å². The Labute approximate surface area is 214 Å². The van der Waals surface area contributed by atoms with E-state index in [-0.39, 0.29) is 29.8 Å². The highest BCUT2D eigenvalue weighted by atomic mass is 32.1. The molecule has 35 heavy (non-hydrogen) atoms. The lowest BCUT2D eigenvalue weighted by Crippen LogP contribution is -2.34. The molecule has 0 aliphatic heterocycles. The first-order valence-electron chi connectivity index (χ1n) is 12.6. The summed E-state index contributed by atoms with van der Waals surface area (Å²) in [5.74, 6) is 0.296. The van der Waals surface area contributed by atoms with E-state index in [1.807, 2.05) is 42.5 Å². The topological polar surface area (TPSA) is 76.7 Å². The van der Waals surface area contributed by atoms with Gasteiger partial charge in [0.05, 0.1) is 13.2 Å². The Bertz CT molecular complexity index is 888. The summed E-state index contributed by atoms with van der Waals surface area (Å²) in [6.45, 7) is 3.31. The lowest BCUT2D eigenvalue weighted by molar-refractivity contribution is -0.143. The van der Waals surface area contributed by atoms with E-state index < -0.39 is 0 Å². The molecule has 0 bridgehead atoms. The maximum atomic E-state index is 12.1. The van der Waals surface area contributed by atoms with Crippen LogP contribution in [0.3, 0.4) is 0 Å². The molecule has 6 nitrogen and oxygen atoms in total. The van der Waals surface area contributed by atoms with E-state index in [0.29, 0.717) is 19.6 Å². The summed E-state index contributed by atoms with van der Waals surface area (Å²) < 4.78 is 11.0. The predicted octanol–water partition coefficient (Wildman–Crippen LogP) is 6.20. The molecule has 1 amide bonds. The SMILES string of the molecule is CCCCCCCOc1ccc(NC(=S)NC(=O)CCCC(=O)OCCCc2ccccc2)cc1. The number of aryl methyl sites for hydroxylation is 1. The lowest BCUT2D eigenvalue weighted by atomic mass is 10.1. The van der Waals surface area contributed by atoms with Crippen molar-refractivity contribution in [2.24, 2.45) is 0 Å². The van der Waals surface area contributed by atoms with Crippen LogP contribution < -0.4 is 15.4 Å². The number of nitrogens with one attached hydrogen (secondary N) is 2. The maximum absolute atomic E-state index is 12.1. The highest BCUT2D eigenvalue weighted by Gasteiger charge is 2.08. The summed E-state index contributed by atoms with van der Waals surface area (Å²) in [6.07, 6.45) is 8.49. The predicted molar refractivity (Wildman–Crippen MR) is 145 cm³/mol. The number of ether oxygens (including phenoxy) is 2. The van der Waals surface area contributed by atoms with Crippen LogP contribution in [0.25, 0.3) is 0 Å². The molecule has 0 aliphatic carbocycles. The van der Waals surface area contributed by atoms with Crippen molar-refractivity contribution in [2.75, 3.05) is 18.5 Å². The lowest BCUT2D eigenvalue weighted by Gasteiger charge is -2.11. The van der Waals surface area contributed by atoms with Crippen molar-refractivity contribution < 1.29 is 19.1 Å². The van der Waals surface area contributed by atoms with Crippen LogP contribution in [-0.2, 0) is 20.7 Å². The maximum Gasteiger partial charge on any atom is 0.305 e.